The summed E-state index contributed by atoms with van der Waals surface area (Å²) in [4.78, 5) is 4.48. The van der Waals surface area contributed by atoms with Crippen LogP contribution in [0.4, 0.5) is 0 Å². The molecule has 1 N–H and O–H groups in total. The summed E-state index contributed by atoms with van der Waals surface area (Å²) >= 11 is 3.41. The van der Waals surface area contributed by atoms with Gasteiger partial charge in [0.05, 0.1) is 18.3 Å². The Morgan fingerprint density at radius 1 is 1.62 bits per heavy atom. The average molecular weight is 285 g/mol. The third-order valence-corrected chi connectivity index (χ3v) is 3.40. The van der Waals surface area contributed by atoms with Gasteiger partial charge in [0.25, 0.3) is 0 Å². The maximum atomic E-state index is 5.45. The number of hydrogen-bond donors (Lipinski definition) is 1. The molecule has 0 spiro atoms. The van der Waals surface area contributed by atoms with Gasteiger partial charge in [-0.25, -0.2) is 0 Å². The third-order valence-electron chi connectivity index (χ3n) is 2.93. The van der Waals surface area contributed by atoms with E-state index in [2.05, 4.69) is 39.2 Å². The number of nitrogens with zero attached hydrogens (tertiary/aromatic N) is 1. The fourth-order valence-corrected chi connectivity index (χ4v) is 2.35. The quantitative estimate of drug-likeness (QED) is 0.923. The first-order valence-electron chi connectivity index (χ1n) is 5.74. The van der Waals surface area contributed by atoms with Crippen molar-refractivity contribution in [2.24, 2.45) is 5.92 Å². The third kappa shape index (κ3) is 2.81. The molecule has 3 nitrogen and oxygen atoms in total. The molecule has 1 aromatic heterocycles. The van der Waals surface area contributed by atoms with E-state index in [-0.39, 0.29) is 0 Å². The van der Waals surface area contributed by atoms with Crippen molar-refractivity contribution >= 4 is 15.9 Å². The lowest BCUT2D eigenvalue weighted by molar-refractivity contribution is 0.176. The number of hydrogen-bond acceptors (Lipinski definition) is 3. The highest BCUT2D eigenvalue weighted by Gasteiger charge is 2.27. The van der Waals surface area contributed by atoms with Crippen LogP contribution in [0.5, 0.6) is 0 Å². The fraction of sp³-hybridized carbons (Fsp3) is 0.583. The molecule has 1 aromatic rings. The minimum atomic E-state index is 0.320. The van der Waals surface area contributed by atoms with Crippen LogP contribution in [0, 0.1) is 5.92 Å². The van der Waals surface area contributed by atoms with Crippen molar-refractivity contribution in [1.29, 1.82) is 0 Å². The summed E-state index contributed by atoms with van der Waals surface area (Å²) in [5, 5.41) is 3.50. The number of nitrogens with one attached hydrogen (secondary N) is 1. The average Bonchev–Trinajstić information content (AvgIpc) is 2.81. The zero-order valence-corrected chi connectivity index (χ0v) is 11.0. The van der Waals surface area contributed by atoms with Crippen LogP contribution in [-0.2, 0) is 4.74 Å². The maximum absolute atomic E-state index is 5.45. The van der Waals surface area contributed by atoms with Crippen molar-refractivity contribution in [3.05, 3.63) is 28.5 Å². The summed E-state index contributed by atoms with van der Waals surface area (Å²) in [6, 6.07) is 4.44. The first kappa shape index (κ1) is 12.0. The Hall–Kier alpha value is -0.450. The van der Waals surface area contributed by atoms with Gasteiger partial charge in [-0.3, -0.25) is 4.98 Å². The van der Waals surface area contributed by atoms with E-state index in [0.29, 0.717) is 12.0 Å². The van der Waals surface area contributed by atoms with Crippen molar-refractivity contribution in [3.63, 3.8) is 0 Å². The van der Waals surface area contributed by atoms with Crippen LogP contribution in [0.1, 0.15) is 25.1 Å². The summed E-state index contributed by atoms with van der Waals surface area (Å²) in [7, 11) is 0. The summed E-state index contributed by atoms with van der Waals surface area (Å²) in [6.07, 6.45) is 2.98. The zero-order chi connectivity index (χ0) is 11.4. The molecule has 1 saturated heterocycles. The van der Waals surface area contributed by atoms with Gasteiger partial charge in [0.1, 0.15) is 0 Å². The van der Waals surface area contributed by atoms with E-state index in [1.807, 2.05) is 12.3 Å². The predicted octanol–water partition coefficient (Wildman–Crippen LogP) is 2.53. The van der Waals surface area contributed by atoms with Crippen LogP contribution >= 0.6 is 15.9 Å². The second-order valence-corrected chi connectivity index (χ2v) is 4.98. The Labute approximate surface area is 105 Å². The van der Waals surface area contributed by atoms with Crippen molar-refractivity contribution in [2.75, 3.05) is 19.8 Å². The molecule has 1 aliphatic rings. The summed E-state index contributed by atoms with van der Waals surface area (Å²) in [5.41, 5.74) is 1.11. The SMILES string of the molecule is CCNC(c1ccc(Br)cn1)C1CCOC1. The molecule has 16 heavy (non-hydrogen) atoms. The minimum Gasteiger partial charge on any atom is -0.381 e. The number of rotatable bonds is 4. The highest BCUT2D eigenvalue weighted by Crippen LogP contribution is 2.28. The molecule has 2 atom stereocenters. The van der Waals surface area contributed by atoms with E-state index >= 15 is 0 Å². The molecule has 2 unspecified atom stereocenters. The first-order chi connectivity index (χ1) is 7.81. The lowest BCUT2D eigenvalue weighted by Gasteiger charge is -2.22. The van der Waals surface area contributed by atoms with E-state index in [9.17, 15) is 0 Å². The van der Waals surface area contributed by atoms with E-state index in [1.165, 1.54) is 0 Å². The van der Waals surface area contributed by atoms with Gasteiger partial charge in [0, 0.05) is 23.2 Å². The van der Waals surface area contributed by atoms with Crippen LogP contribution in [0.25, 0.3) is 0 Å². The summed E-state index contributed by atoms with van der Waals surface area (Å²) in [5.74, 6) is 0.550. The molecular formula is C12H17BrN2O. The number of halogens is 1. The van der Waals surface area contributed by atoms with Gasteiger partial charge in [0.2, 0.25) is 0 Å². The topological polar surface area (TPSA) is 34.2 Å². The lowest BCUT2D eigenvalue weighted by atomic mass is 9.96. The molecule has 4 heteroatoms. The lowest BCUT2D eigenvalue weighted by Crippen LogP contribution is -2.29. The van der Waals surface area contributed by atoms with Gasteiger partial charge in [-0.15, -0.1) is 0 Å². The number of ether oxygens (including phenoxy) is 1. The van der Waals surface area contributed by atoms with Crippen molar-refractivity contribution in [1.82, 2.24) is 10.3 Å². The molecule has 0 amide bonds. The Morgan fingerprint density at radius 2 is 2.50 bits per heavy atom. The van der Waals surface area contributed by atoms with Crippen LogP contribution in [-0.4, -0.2) is 24.7 Å². The van der Waals surface area contributed by atoms with Crippen LogP contribution < -0.4 is 5.32 Å². The summed E-state index contributed by atoms with van der Waals surface area (Å²) < 4.78 is 6.47. The van der Waals surface area contributed by atoms with Gasteiger partial charge >= 0.3 is 0 Å². The first-order valence-corrected chi connectivity index (χ1v) is 6.53. The molecule has 1 fully saturated rings. The van der Waals surface area contributed by atoms with Crippen LogP contribution in [0.3, 0.4) is 0 Å². The van der Waals surface area contributed by atoms with Crippen molar-refractivity contribution in [2.45, 2.75) is 19.4 Å². The van der Waals surface area contributed by atoms with Crippen molar-refractivity contribution < 1.29 is 4.74 Å². The molecule has 0 saturated carbocycles. The molecule has 2 rings (SSSR count). The molecule has 88 valence electrons. The largest absolute Gasteiger partial charge is 0.381 e. The van der Waals surface area contributed by atoms with E-state index in [4.69, 9.17) is 4.74 Å². The van der Waals surface area contributed by atoms with E-state index in [0.717, 1.165) is 36.3 Å². The standard InChI is InChI=1S/C12H17BrN2O/c1-2-14-12(9-5-6-16-8-9)11-4-3-10(13)7-15-11/h3-4,7,9,12,14H,2,5-6,8H2,1H3. The smallest absolute Gasteiger partial charge is 0.0577 e. The molecular weight excluding hydrogens is 268 g/mol. The molecule has 0 aliphatic carbocycles. The Morgan fingerprint density at radius 3 is 3.06 bits per heavy atom. The highest BCUT2D eigenvalue weighted by molar-refractivity contribution is 9.10. The fourth-order valence-electron chi connectivity index (χ4n) is 2.12. The maximum Gasteiger partial charge on any atom is 0.0577 e. The monoisotopic (exact) mass is 284 g/mol. The summed E-state index contributed by atoms with van der Waals surface area (Å²) in [6.45, 7) is 4.80. The van der Waals surface area contributed by atoms with E-state index < -0.39 is 0 Å². The number of pyridine rings is 1. The minimum absolute atomic E-state index is 0.320. The molecule has 0 bridgehead atoms. The van der Waals surface area contributed by atoms with Gasteiger partial charge in [-0.2, -0.15) is 0 Å². The van der Waals surface area contributed by atoms with Crippen molar-refractivity contribution in [3.8, 4) is 0 Å². The van der Waals surface area contributed by atoms with Gasteiger partial charge < -0.3 is 10.1 Å². The molecule has 1 aliphatic heterocycles. The Balaban J connectivity index is 2.14. The molecule has 0 radical (unpaired) electrons. The van der Waals surface area contributed by atoms with Gasteiger partial charge in [-0.05, 0) is 41.0 Å². The van der Waals surface area contributed by atoms with Gasteiger partial charge in [-0.1, -0.05) is 6.92 Å². The number of aromatic nitrogens is 1. The van der Waals surface area contributed by atoms with E-state index in [1.54, 1.807) is 0 Å². The van der Waals surface area contributed by atoms with Crippen LogP contribution in [0.15, 0.2) is 22.8 Å². The highest BCUT2D eigenvalue weighted by atomic mass is 79.9. The molecule has 0 aromatic carbocycles. The predicted molar refractivity (Wildman–Crippen MR) is 67.3 cm³/mol. The zero-order valence-electron chi connectivity index (χ0n) is 9.45. The van der Waals surface area contributed by atoms with Gasteiger partial charge in [0.15, 0.2) is 0 Å². The Bertz CT molecular complexity index is 322. The van der Waals surface area contributed by atoms with Crippen LogP contribution in [0.2, 0.25) is 0 Å². The Kier molecular flexibility index (Phi) is 4.32. The second kappa shape index (κ2) is 5.75. The normalized spacial score (nSPS) is 22.2. The molecule has 2 heterocycles. The second-order valence-electron chi connectivity index (χ2n) is 4.06.